The van der Waals surface area contributed by atoms with Crippen molar-refractivity contribution in [1.82, 2.24) is 10.3 Å². The summed E-state index contributed by atoms with van der Waals surface area (Å²) in [4.78, 5) is 28.7. The minimum atomic E-state index is -2.37. The average Bonchev–Trinajstić information content (AvgIpc) is 3.43. The summed E-state index contributed by atoms with van der Waals surface area (Å²) >= 11 is -2.37. The molecule has 0 aliphatic heterocycles. The second-order valence-electron chi connectivity index (χ2n) is 7.42. The second kappa shape index (κ2) is 8.48. The van der Waals surface area contributed by atoms with Crippen LogP contribution in [0, 0.1) is 5.92 Å². The van der Waals surface area contributed by atoms with Gasteiger partial charge in [0.25, 0.3) is 5.91 Å². The van der Waals surface area contributed by atoms with Crippen molar-refractivity contribution in [2.24, 2.45) is 5.92 Å². The molecule has 0 saturated heterocycles. The molecule has 8 heteroatoms. The van der Waals surface area contributed by atoms with Crippen LogP contribution in [0.5, 0.6) is 0 Å². The van der Waals surface area contributed by atoms with E-state index < -0.39 is 33.7 Å². The van der Waals surface area contributed by atoms with Gasteiger partial charge in [0.2, 0.25) is 0 Å². The minimum Gasteiger partial charge on any atom is -0.772 e. The number of aromatic nitrogens is 1. The zero-order valence-corrected chi connectivity index (χ0v) is 17.0. The van der Waals surface area contributed by atoms with Crippen LogP contribution in [0.15, 0.2) is 12.1 Å². The fourth-order valence-electron chi connectivity index (χ4n) is 3.27. The molecule has 150 valence electrons. The van der Waals surface area contributed by atoms with E-state index >= 15 is 0 Å². The normalized spacial score (nSPS) is 16.8. The zero-order chi connectivity index (χ0) is 20.4. The first-order valence-electron chi connectivity index (χ1n) is 9.31. The summed E-state index contributed by atoms with van der Waals surface area (Å²) in [7, 11) is 0. The first-order valence-corrected chi connectivity index (χ1v) is 10.5. The molecule has 1 aromatic heterocycles. The smallest absolute Gasteiger partial charge is 0.329 e. The first-order chi connectivity index (χ1) is 12.7. The lowest BCUT2D eigenvalue weighted by atomic mass is 9.92. The van der Waals surface area contributed by atoms with Crippen molar-refractivity contribution in [2.75, 3.05) is 0 Å². The van der Waals surface area contributed by atoms with Crippen LogP contribution < -0.4 is 5.32 Å². The number of carbonyl (C=O) groups excluding carboxylic acids is 1. The molecule has 0 radical (unpaired) electrons. The monoisotopic (exact) mass is 395 g/mol. The highest BCUT2D eigenvalue weighted by molar-refractivity contribution is 7.79. The molecule has 2 atom stereocenters. The Morgan fingerprint density at radius 2 is 1.93 bits per heavy atom. The maximum atomic E-state index is 12.7. The molecule has 1 fully saturated rings. The Kier molecular flexibility index (Phi) is 6.75. The maximum absolute atomic E-state index is 12.7. The molecule has 27 heavy (non-hydrogen) atoms. The third-order valence-corrected chi connectivity index (χ3v) is 6.44. The molecule has 1 saturated carbocycles. The Labute approximate surface area is 162 Å². The van der Waals surface area contributed by atoms with E-state index in [1.54, 1.807) is 39.8 Å². The topological polar surface area (TPSA) is 119 Å². The van der Waals surface area contributed by atoms with Gasteiger partial charge in [-0.15, -0.1) is 0 Å². The van der Waals surface area contributed by atoms with Gasteiger partial charge in [-0.2, -0.15) is 0 Å². The van der Waals surface area contributed by atoms with E-state index in [4.69, 9.17) is 0 Å². The van der Waals surface area contributed by atoms with Gasteiger partial charge in [-0.3, -0.25) is 9.00 Å². The summed E-state index contributed by atoms with van der Waals surface area (Å²) in [5, 5.41) is 11.3. The summed E-state index contributed by atoms with van der Waals surface area (Å²) in [6.45, 7) is 7.00. The molecule has 1 aromatic rings. The molecule has 1 aliphatic carbocycles. The number of carboxylic acids is 1. The molecule has 0 bridgehead atoms. The van der Waals surface area contributed by atoms with Gasteiger partial charge in [0.05, 0.1) is 10.9 Å². The molecule has 7 nitrogen and oxygen atoms in total. The first kappa shape index (κ1) is 21.5. The third kappa shape index (κ3) is 4.55. The summed E-state index contributed by atoms with van der Waals surface area (Å²) in [5.41, 5.74) is -0.0576. The quantitative estimate of drug-likeness (QED) is 0.620. The van der Waals surface area contributed by atoms with Crippen molar-refractivity contribution in [3.63, 3.8) is 0 Å². The van der Waals surface area contributed by atoms with E-state index in [1.807, 2.05) is 0 Å². The number of hydrogen-bond donors (Lipinski definition) is 2. The van der Waals surface area contributed by atoms with Crippen LogP contribution in [-0.4, -0.2) is 36.3 Å². The van der Waals surface area contributed by atoms with Gasteiger partial charge in [0.1, 0.15) is 11.2 Å². The molecule has 1 amide bonds. The molecular weight excluding hydrogens is 368 g/mol. The lowest BCUT2D eigenvalue weighted by Crippen LogP contribution is -2.53. The SMILES string of the molecule is CCC(CC)(NC(=O)c1ccc(C2CC2)c(C(C(C)C)S(=O)[O-])n1)C(=O)O. The summed E-state index contributed by atoms with van der Waals surface area (Å²) in [6, 6.07) is 3.31. The number of nitrogens with one attached hydrogen (secondary N) is 1. The van der Waals surface area contributed by atoms with Crippen molar-refractivity contribution in [1.29, 1.82) is 0 Å². The van der Waals surface area contributed by atoms with E-state index in [0.29, 0.717) is 5.69 Å². The number of carboxylic acid groups (broad SMARTS) is 1. The number of hydrogen-bond acceptors (Lipinski definition) is 5. The Balaban J connectivity index is 2.43. The van der Waals surface area contributed by atoms with E-state index in [-0.39, 0.29) is 30.4 Å². The largest absolute Gasteiger partial charge is 0.772 e. The highest BCUT2D eigenvalue weighted by Gasteiger charge is 2.37. The lowest BCUT2D eigenvalue weighted by Gasteiger charge is -2.29. The zero-order valence-electron chi connectivity index (χ0n) is 16.2. The van der Waals surface area contributed by atoms with Crippen molar-refractivity contribution in [2.45, 2.75) is 70.1 Å². The number of aliphatic carboxylic acids is 1. The van der Waals surface area contributed by atoms with Crippen LogP contribution in [0.2, 0.25) is 0 Å². The molecule has 2 N–H and O–H groups in total. The number of pyridine rings is 1. The van der Waals surface area contributed by atoms with Gasteiger partial charge in [-0.1, -0.05) is 33.8 Å². The van der Waals surface area contributed by atoms with Gasteiger partial charge in [-0.05, 0) is 60.2 Å². The molecule has 1 aliphatic rings. The van der Waals surface area contributed by atoms with Gasteiger partial charge in [0.15, 0.2) is 0 Å². The van der Waals surface area contributed by atoms with Crippen molar-refractivity contribution in [3.8, 4) is 0 Å². The summed E-state index contributed by atoms with van der Waals surface area (Å²) in [6.07, 6.45) is 2.42. The average molecular weight is 396 g/mol. The van der Waals surface area contributed by atoms with E-state index in [2.05, 4.69) is 10.3 Å². The Bertz CT molecular complexity index is 742. The Hall–Kier alpha value is -1.80. The Morgan fingerprint density at radius 1 is 1.33 bits per heavy atom. The lowest BCUT2D eigenvalue weighted by molar-refractivity contribution is -0.144. The highest BCUT2D eigenvalue weighted by atomic mass is 32.2. The fraction of sp³-hybridized carbons (Fsp3) is 0.632. The summed E-state index contributed by atoms with van der Waals surface area (Å²) in [5.74, 6) is -1.63. The molecular formula is C19H27N2O5S-. The van der Waals surface area contributed by atoms with E-state index in [0.717, 1.165) is 18.4 Å². The number of carbonyl (C=O) groups is 2. The van der Waals surface area contributed by atoms with Crippen LogP contribution in [0.4, 0.5) is 0 Å². The molecule has 2 unspecified atom stereocenters. The molecule has 2 rings (SSSR count). The number of rotatable bonds is 9. The predicted molar refractivity (Wildman–Crippen MR) is 101 cm³/mol. The van der Waals surface area contributed by atoms with E-state index in [9.17, 15) is 23.5 Å². The van der Waals surface area contributed by atoms with Gasteiger partial charge < -0.3 is 15.0 Å². The van der Waals surface area contributed by atoms with Gasteiger partial charge >= 0.3 is 5.97 Å². The van der Waals surface area contributed by atoms with Crippen LogP contribution in [0.3, 0.4) is 0 Å². The maximum Gasteiger partial charge on any atom is 0.329 e. The minimum absolute atomic E-state index is 0.0398. The Morgan fingerprint density at radius 3 is 2.33 bits per heavy atom. The standard InChI is InChI=1S/C19H28N2O5S/c1-5-19(6-2,18(23)24)21-17(22)14-10-9-13(12-7-8-12)15(20-14)16(11(3)4)27(25)26/h9-12,16H,5-8H2,1-4H3,(H,21,22)(H,23,24)(H,25,26)/p-1. The molecule has 0 aromatic carbocycles. The van der Waals surface area contributed by atoms with Crippen LogP contribution in [0.25, 0.3) is 0 Å². The van der Waals surface area contributed by atoms with Crippen molar-refractivity contribution < 1.29 is 23.5 Å². The molecule has 1 heterocycles. The molecule has 0 spiro atoms. The van der Waals surface area contributed by atoms with Gasteiger partial charge in [-0.25, -0.2) is 9.78 Å². The number of amides is 1. The van der Waals surface area contributed by atoms with Crippen molar-refractivity contribution in [3.05, 3.63) is 29.1 Å². The second-order valence-corrected chi connectivity index (χ2v) is 8.45. The van der Waals surface area contributed by atoms with Crippen LogP contribution in [-0.2, 0) is 15.9 Å². The van der Waals surface area contributed by atoms with Crippen molar-refractivity contribution >= 4 is 23.0 Å². The fourth-order valence-corrected chi connectivity index (χ4v) is 4.09. The van der Waals surface area contributed by atoms with Crippen LogP contribution in [0.1, 0.15) is 86.3 Å². The predicted octanol–water partition coefficient (Wildman–Crippen LogP) is 2.91. The van der Waals surface area contributed by atoms with Crippen LogP contribution >= 0.6 is 0 Å². The number of nitrogens with zero attached hydrogens (tertiary/aromatic N) is 1. The summed E-state index contributed by atoms with van der Waals surface area (Å²) < 4.78 is 23.6. The van der Waals surface area contributed by atoms with Gasteiger partial charge in [0, 0.05) is 0 Å². The third-order valence-electron chi connectivity index (χ3n) is 5.26. The van der Waals surface area contributed by atoms with E-state index in [1.165, 1.54) is 0 Å². The highest BCUT2D eigenvalue weighted by Crippen LogP contribution is 2.44.